The van der Waals surface area contributed by atoms with Gasteiger partial charge in [-0.3, -0.25) is 19.7 Å². The highest BCUT2D eigenvalue weighted by Gasteiger charge is 2.26. The van der Waals surface area contributed by atoms with Gasteiger partial charge in [-0.1, -0.05) is 13.8 Å². The van der Waals surface area contributed by atoms with Crippen molar-refractivity contribution in [1.82, 2.24) is 30.2 Å². The fourth-order valence-corrected chi connectivity index (χ4v) is 4.50. The normalized spacial score (nSPS) is 17.2. The lowest BCUT2D eigenvalue weighted by Crippen LogP contribution is -2.50. The van der Waals surface area contributed by atoms with Gasteiger partial charge in [-0.05, 0) is 98.9 Å². The van der Waals surface area contributed by atoms with Gasteiger partial charge in [0.2, 0.25) is 17.7 Å². The molecule has 1 rings (SSSR count). The third-order valence-corrected chi connectivity index (χ3v) is 6.77. The molecule has 1 aliphatic rings. The Hall–Kier alpha value is -1.59. The number of nitrogens with one attached hydrogen (secondary N) is 2. The van der Waals surface area contributed by atoms with Crippen LogP contribution in [0.3, 0.4) is 0 Å². The van der Waals surface area contributed by atoms with Gasteiger partial charge in [0.15, 0.2) is 0 Å². The summed E-state index contributed by atoms with van der Waals surface area (Å²) in [6, 6.07) is -0.171. The van der Waals surface area contributed by atoms with Crippen LogP contribution in [0.1, 0.15) is 52.4 Å². The molecule has 0 aromatic carbocycles. The number of likely N-dealkylation sites (tertiary alicyclic amines) is 1. The smallest absolute Gasteiger partial charge is 0.246 e. The predicted molar refractivity (Wildman–Crippen MR) is 141 cm³/mol. The van der Waals surface area contributed by atoms with Crippen molar-refractivity contribution in [2.24, 2.45) is 5.73 Å². The van der Waals surface area contributed by atoms with Gasteiger partial charge < -0.3 is 30.7 Å². The van der Waals surface area contributed by atoms with E-state index in [1.165, 1.54) is 11.3 Å². The first-order chi connectivity index (χ1) is 16.7. The minimum Gasteiger partial charge on any atom is -0.332 e. The van der Waals surface area contributed by atoms with Crippen LogP contribution in [0.2, 0.25) is 0 Å². The van der Waals surface area contributed by atoms with Gasteiger partial charge in [0.05, 0.1) is 19.1 Å². The first kappa shape index (κ1) is 31.4. The van der Waals surface area contributed by atoms with Crippen molar-refractivity contribution in [1.29, 1.82) is 0 Å². The largest absolute Gasteiger partial charge is 0.332 e. The maximum Gasteiger partial charge on any atom is 0.246 e. The van der Waals surface area contributed by atoms with Gasteiger partial charge in [0, 0.05) is 12.6 Å². The van der Waals surface area contributed by atoms with Crippen molar-refractivity contribution in [2.45, 2.75) is 64.5 Å². The van der Waals surface area contributed by atoms with E-state index in [1.54, 1.807) is 0 Å². The number of nitrogens with two attached hydrogens (primary N) is 1. The summed E-state index contributed by atoms with van der Waals surface area (Å²) in [4.78, 5) is 46.0. The topological polar surface area (TPSA) is 114 Å². The van der Waals surface area contributed by atoms with Crippen LogP contribution < -0.4 is 16.4 Å². The number of rotatable bonds is 18. The Morgan fingerprint density at radius 1 is 1.06 bits per heavy atom. The Balaban J connectivity index is 2.48. The van der Waals surface area contributed by atoms with E-state index in [4.69, 9.17) is 5.73 Å². The van der Waals surface area contributed by atoms with Gasteiger partial charge in [-0.25, -0.2) is 0 Å². The van der Waals surface area contributed by atoms with Crippen LogP contribution in [0.5, 0.6) is 0 Å². The molecule has 10 heteroatoms. The third kappa shape index (κ3) is 13.3. The van der Waals surface area contributed by atoms with E-state index >= 15 is 0 Å². The average Bonchev–Trinajstić information content (AvgIpc) is 3.22. The second-order valence-corrected chi connectivity index (χ2v) is 9.91. The summed E-state index contributed by atoms with van der Waals surface area (Å²) in [7, 11) is 6.05. The minimum atomic E-state index is -0.640. The van der Waals surface area contributed by atoms with Crippen LogP contribution in [-0.4, -0.2) is 129 Å². The highest BCUT2D eigenvalue weighted by molar-refractivity contribution is 5.98. The number of hydrogen-bond acceptors (Lipinski definition) is 8. The average molecular weight is 498 g/mol. The molecule has 35 heavy (non-hydrogen) atoms. The molecule has 1 aliphatic heterocycles. The van der Waals surface area contributed by atoms with Crippen LogP contribution in [-0.2, 0) is 14.4 Å². The van der Waals surface area contributed by atoms with E-state index < -0.39 is 11.9 Å². The molecule has 0 aromatic rings. The van der Waals surface area contributed by atoms with Gasteiger partial charge in [-0.2, -0.15) is 0 Å². The maximum absolute atomic E-state index is 13.1. The number of carbonyl (C=O) groups is 3. The summed E-state index contributed by atoms with van der Waals surface area (Å²) < 4.78 is 0. The molecule has 0 aliphatic carbocycles. The number of carbonyl (C=O) groups excluding carboxylic acids is 3. The molecular formula is C25H51N7O3. The van der Waals surface area contributed by atoms with E-state index in [9.17, 15) is 14.4 Å². The Morgan fingerprint density at radius 2 is 1.77 bits per heavy atom. The summed E-state index contributed by atoms with van der Waals surface area (Å²) in [6.45, 7) is 10.2. The molecule has 1 saturated heterocycles. The number of imide groups is 1. The first-order valence-electron chi connectivity index (χ1n) is 13.3. The Labute approximate surface area is 212 Å². The summed E-state index contributed by atoms with van der Waals surface area (Å²) in [6.07, 6.45) is 5.45. The van der Waals surface area contributed by atoms with Crippen molar-refractivity contribution in [3.63, 3.8) is 0 Å². The van der Waals surface area contributed by atoms with Gasteiger partial charge >= 0.3 is 0 Å². The lowest BCUT2D eigenvalue weighted by molar-refractivity contribution is -0.139. The van der Waals surface area contributed by atoms with E-state index in [1.807, 2.05) is 19.0 Å². The maximum atomic E-state index is 13.1. The van der Waals surface area contributed by atoms with E-state index in [-0.39, 0.29) is 24.9 Å². The second-order valence-electron chi connectivity index (χ2n) is 9.91. The molecule has 10 nitrogen and oxygen atoms in total. The third-order valence-electron chi connectivity index (χ3n) is 6.77. The summed E-state index contributed by atoms with van der Waals surface area (Å²) >= 11 is 0. The Kier molecular flexibility index (Phi) is 16.0. The number of hydrogen-bond donors (Lipinski definition) is 3. The molecular weight excluding hydrogens is 446 g/mol. The SMILES string of the molecule is CCN(CC)CCCNCC(=O)NC(=O)CN(CCCN(C)C)C(=O)[C@@H](N)CC[C@H]1CCCN1C. The fourth-order valence-electron chi connectivity index (χ4n) is 4.50. The van der Waals surface area contributed by atoms with Crippen molar-refractivity contribution >= 4 is 17.7 Å². The Bertz CT molecular complexity index is 628. The lowest BCUT2D eigenvalue weighted by atomic mass is 10.0. The van der Waals surface area contributed by atoms with Gasteiger partial charge in [0.25, 0.3) is 0 Å². The zero-order valence-electron chi connectivity index (χ0n) is 22.9. The van der Waals surface area contributed by atoms with Crippen molar-refractivity contribution in [2.75, 3.05) is 80.0 Å². The molecule has 3 amide bonds. The number of nitrogens with zero attached hydrogens (tertiary/aromatic N) is 4. The van der Waals surface area contributed by atoms with Crippen molar-refractivity contribution in [3.05, 3.63) is 0 Å². The minimum absolute atomic E-state index is 0.0764. The molecule has 0 radical (unpaired) electrons. The molecule has 0 spiro atoms. The quantitative estimate of drug-likeness (QED) is 0.226. The zero-order chi connectivity index (χ0) is 26.2. The molecule has 0 aromatic heterocycles. The molecule has 0 bridgehead atoms. The molecule has 2 atom stereocenters. The molecule has 204 valence electrons. The number of amides is 3. The van der Waals surface area contributed by atoms with Crippen LogP contribution in [0.25, 0.3) is 0 Å². The van der Waals surface area contributed by atoms with E-state index in [2.05, 4.69) is 41.3 Å². The van der Waals surface area contributed by atoms with Gasteiger partial charge in [0.1, 0.15) is 0 Å². The van der Waals surface area contributed by atoms with Crippen LogP contribution in [0.15, 0.2) is 0 Å². The first-order valence-corrected chi connectivity index (χ1v) is 13.3. The highest BCUT2D eigenvalue weighted by Crippen LogP contribution is 2.20. The van der Waals surface area contributed by atoms with Crippen molar-refractivity contribution in [3.8, 4) is 0 Å². The summed E-state index contributed by atoms with van der Waals surface area (Å²) in [5, 5.41) is 5.49. The standard InChI is InChI=1S/C25H51N7O3/c1-6-31(7-2)17-9-14-27-19-23(33)28-24(34)20-32(18-10-15-29(3)4)25(35)22(26)13-12-21-11-8-16-30(21)5/h21-22,27H,6-20,26H2,1-5H3,(H,28,33,34)/t21-,22+/m1/s1. The predicted octanol–water partition coefficient (Wildman–Crippen LogP) is -0.0673. The second kappa shape index (κ2) is 17.8. The van der Waals surface area contributed by atoms with Crippen LogP contribution in [0.4, 0.5) is 0 Å². The molecule has 0 saturated carbocycles. The van der Waals surface area contributed by atoms with Crippen LogP contribution >= 0.6 is 0 Å². The summed E-state index contributed by atoms with van der Waals surface area (Å²) in [5.41, 5.74) is 6.25. The zero-order valence-corrected chi connectivity index (χ0v) is 22.9. The molecule has 4 N–H and O–H groups in total. The molecule has 1 fully saturated rings. The van der Waals surface area contributed by atoms with Crippen LogP contribution in [0, 0.1) is 0 Å². The molecule has 0 unspecified atom stereocenters. The monoisotopic (exact) mass is 497 g/mol. The van der Waals surface area contributed by atoms with E-state index in [0.717, 1.165) is 58.4 Å². The highest BCUT2D eigenvalue weighted by atomic mass is 16.2. The van der Waals surface area contributed by atoms with Gasteiger partial charge in [-0.15, -0.1) is 0 Å². The van der Waals surface area contributed by atoms with E-state index in [0.29, 0.717) is 25.6 Å². The fraction of sp³-hybridized carbons (Fsp3) is 0.880. The lowest BCUT2D eigenvalue weighted by Gasteiger charge is -2.27. The summed E-state index contributed by atoms with van der Waals surface area (Å²) in [5.74, 6) is -1.07. The Morgan fingerprint density at radius 3 is 2.37 bits per heavy atom. The molecule has 1 heterocycles. The van der Waals surface area contributed by atoms with Crippen molar-refractivity contribution < 1.29 is 14.4 Å².